The molecule has 2 aromatic carbocycles. The van der Waals surface area contributed by atoms with E-state index < -0.39 is 0 Å². The van der Waals surface area contributed by atoms with Crippen molar-refractivity contribution in [2.45, 2.75) is 5.37 Å². The Labute approximate surface area is 151 Å². The van der Waals surface area contributed by atoms with Crippen LogP contribution in [0.25, 0.3) is 6.08 Å². The van der Waals surface area contributed by atoms with Crippen LogP contribution in [0.3, 0.4) is 0 Å². The Bertz CT molecular complexity index is 745. The fourth-order valence-electron chi connectivity index (χ4n) is 2.61. The Morgan fingerprint density at radius 2 is 2.00 bits per heavy atom. The van der Waals surface area contributed by atoms with Crippen LogP contribution in [0.4, 0.5) is 0 Å². The van der Waals surface area contributed by atoms with Gasteiger partial charge in [-0.15, -0.1) is 11.8 Å². The molecule has 3 nitrogen and oxygen atoms in total. The lowest BCUT2D eigenvalue weighted by molar-refractivity contribution is -0.126. The summed E-state index contributed by atoms with van der Waals surface area (Å²) in [4.78, 5) is 14.5. The van der Waals surface area contributed by atoms with Gasteiger partial charge >= 0.3 is 0 Å². The lowest BCUT2D eigenvalue weighted by Gasteiger charge is -2.23. The van der Waals surface area contributed by atoms with Crippen molar-refractivity contribution in [1.29, 1.82) is 0 Å². The fraction of sp³-hybridized carbons (Fsp3) is 0.211. The second-order valence-corrected chi connectivity index (χ2v) is 6.98. The number of thioether (sulfide) groups is 1. The summed E-state index contributed by atoms with van der Waals surface area (Å²) in [6, 6.07) is 15.4. The Balaban J connectivity index is 1.74. The molecule has 0 radical (unpaired) electrons. The number of rotatable bonds is 4. The van der Waals surface area contributed by atoms with Crippen LogP contribution in [0.15, 0.2) is 54.6 Å². The van der Waals surface area contributed by atoms with Crippen LogP contribution >= 0.6 is 23.4 Å². The van der Waals surface area contributed by atoms with E-state index in [2.05, 4.69) is 0 Å². The third kappa shape index (κ3) is 3.77. The Kier molecular flexibility index (Phi) is 5.48. The maximum atomic E-state index is 12.6. The number of nitrogens with zero attached hydrogens (tertiary/aromatic N) is 1. The van der Waals surface area contributed by atoms with Crippen LogP contribution in [-0.4, -0.2) is 30.2 Å². The van der Waals surface area contributed by atoms with E-state index in [9.17, 15) is 4.79 Å². The van der Waals surface area contributed by atoms with Gasteiger partial charge in [-0.3, -0.25) is 4.79 Å². The van der Waals surface area contributed by atoms with Crippen molar-refractivity contribution < 1.29 is 9.53 Å². The predicted molar refractivity (Wildman–Crippen MR) is 100 cm³/mol. The second-order valence-electron chi connectivity index (χ2n) is 5.38. The maximum Gasteiger partial charge on any atom is 0.247 e. The van der Waals surface area contributed by atoms with E-state index in [4.69, 9.17) is 16.3 Å². The first-order valence-corrected chi connectivity index (χ1v) is 9.10. The molecule has 0 aliphatic carbocycles. The Hall–Kier alpha value is -1.91. The van der Waals surface area contributed by atoms with Crippen LogP contribution in [0.2, 0.25) is 5.02 Å². The molecule has 1 saturated heterocycles. The number of halogens is 1. The van der Waals surface area contributed by atoms with Gasteiger partial charge in [0.1, 0.15) is 11.1 Å². The first-order chi connectivity index (χ1) is 11.7. The molecule has 0 unspecified atom stereocenters. The molecule has 1 aliphatic heterocycles. The first-order valence-electron chi connectivity index (χ1n) is 7.68. The van der Waals surface area contributed by atoms with Gasteiger partial charge in [0.25, 0.3) is 0 Å². The average Bonchev–Trinajstić information content (AvgIpc) is 3.10. The first kappa shape index (κ1) is 16.9. The number of carbonyl (C=O) groups is 1. The molecule has 0 spiro atoms. The highest BCUT2D eigenvalue weighted by Gasteiger charge is 2.29. The van der Waals surface area contributed by atoms with E-state index in [0.29, 0.717) is 5.02 Å². The quantitative estimate of drug-likeness (QED) is 0.745. The van der Waals surface area contributed by atoms with Gasteiger partial charge in [-0.2, -0.15) is 0 Å². The highest BCUT2D eigenvalue weighted by molar-refractivity contribution is 7.99. The molecule has 1 fully saturated rings. The number of carbonyl (C=O) groups excluding carboxylic acids is 1. The molecular formula is C19H18ClNO2S. The van der Waals surface area contributed by atoms with Crippen molar-refractivity contribution in [3.05, 3.63) is 70.8 Å². The van der Waals surface area contributed by atoms with Crippen molar-refractivity contribution in [2.75, 3.05) is 19.4 Å². The third-order valence-corrected chi connectivity index (χ3v) is 5.49. The van der Waals surface area contributed by atoms with Crippen LogP contribution in [0.5, 0.6) is 5.75 Å². The minimum Gasteiger partial charge on any atom is -0.497 e. The Morgan fingerprint density at radius 3 is 2.71 bits per heavy atom. The minimum absolute atomic E-state index is 0.000683. The number of amides is 1. The van der Waals surface area contributed by atoms with Gasteiger partial charge in [-0.1, -0.05) is 41.9 Å². The summed E-state index contributed by atoms with van der Waals surface area (Å²) in [6.07, 6.45) is 3.38. The normalized spacial score (nSPS) is 17.4. The van der Waals surface area contributed by atoms with Crippen molar-refractivity contribution in [2.24, 2.45) is 0 Å². The summed E-state index contributed by atoms with van der Waals surface area (Å²) in [5.74, 6) is 1.75. The van der Waals surface area contributed by atoms with E-state index >= 15 is 0 Å². The highest BCUT2D eigenvalue weighted by atomic mass is 35.5. The molecule has 0 saturated carbocycles. The van der Waals surface area contributed by atoms with Gasteiger partial charge in [0, 0.05) is 23.4 Å². The van der Waals surface area contributed by atoms with Crippen molar-refractivity contribution in [1.82, 2.24) is 4.90 Å². The van der Waals surface area contributed by atoms with E-state index in [1.54, 1.807) is 31.0 Å². The molecule has 2 aromatic rings. The van der Waals surface area contributed by atoms with Crippen molar-refractivity contribution >= 4 is 35.3 Å². The number of hydrogen-bond donors (Lipinski definition) is 0. The molecule has 0 bridgehead atoms. The van der Waals surface area contributed by atoms with E-state index in [0.717, 1.165) is 29.2 Å². The largest absolute Gasteiger partial charge is 0.497 e. The number of benzene rings is 2. The maximum absolute atomic E-state index is 12.6. The topological polar surface area (TPSA) is 29.5 Å². The summed E-state index contributed by atoms with van der Waals surface area (Å²) >= 11 is 7.90. The number of methoxy groups -OCH3 is 1. The molecule has 0 aromatic heterocycles. The Morgan fingerprint density at radius 1 is 1.25 bits per heavy atom. The summed E-state index contributed by atoms with van der Waals surface area (Å²) in [6.45, 7) is 0.743. The fourth-order valence-corrected chi connectivity index (χ4v) is 4.07. The monoisotopic (exact) mass is 359 g/mol. The SMILES string of the molecule is COc1ccc([C@H]2SCCN2C(=O)/C=C/c2ccccc2Cl)cc1. The predicted octanol–water partition coefficient (Wildman–Crippen LogP) is 4.64. The van der Waals surface area contributed by atoms with Gasteiger partial charge in [0.05, 0.1) is 7.11 Å². The summed E-state index contributed by atoms with van der Waals surface area (Å²) in [5, 5.41) is 0.684. The lowest BCUT2D eigenvalue weighted by atomic mass is 10.2. The highest BCUT2D eigenvalue weighted by Crippen LogP contribution is 2.38. The number of ether oxygens (including phenoxy) is 1. The summed E-state index contributed by atoms with van der Waals surface area (Å²) in [5.41, 5.74) is 1.96. The molecule has 1 aliphatic rings. The van der Waals surface area contributed by atoms with Crippen LogP contribution in [-0.2, 0) is 4.79 Å². The zero-order valence-corrected chi connectivity index (χ0v) is 14.9. The average molecular weight is 360 g/mol. The molecular weight excluding hydrogens is 342 g/mol. The molecule has 1 amide bonds. The molecule has 3 rings (SSSR count). The summed E-state index contributed by atoms with van der Waals surface area (Å²) < 4.78 is 5.19. The van der Waals surface area contributed by atoms with Crippen molar-refractivity contribution in [3.63, 3.8) is 0 Å². The van der Waals surface area contributed by atoms with Gasteiger partial charge in [-0.05, 0) is 35.4 Å². The molecule has 0 N–H and O–H groups in total. The van der Waals surface area contributed by atoms with Crippen LogP contribution < -0.4 is 4.74 Å². The zero-order chi connectivity index (χ0) is 16.9. The van der Waals surface area contributed by atoms with Crippen LogP contribution in [0.1, 0.15) is 16.5 Å². The molecule has 1 heterocycles. The van der Waals surface area contributed by atoms with E-state index in [-0.39, 0.29) is 11.3 Å². The third-order valence-electron chi connectivity index (χ3n) is 3.89. The minimum atomic E-state index is 0.000683. The van der Waals surface area contributed by atoms with Crippen molar-refractivity contribution in [3.8, 4) is 5.75 Å². The van der Waals surface area contributed by atoms with Gasteiger partial charge < -0.3 is 9.64 Å². The van der Waals surface area contributed by atoms with Gasteiger partial charge in [0.15, 0.2) is 0 Å². The van der Waals surface area contributed by atoms with E-state index in [1.165, 1.54) is 0 Å². The molecule has 1 atom stereocenters. The van der Waals surface area contributed by atoms with Gasteiger partial charge in [0.2, 0.25) is 5.91 Å². The number of hydrogen-bond acceptors (Lipinski definition) is 3. The lowest BCUT2D eigenvalue weighted by Crippen LogP contribution is -2.28. The summed E-state index contributed by atoms with van der Waals surface area (Å²) in [7, 11) is 1.65. The molecule has 124 valence electrons. The second kappa shape index (κ2) is 7.77. The molecule has 24 heavy (non-hydrogen) atoms. The van der Waals surface area contributed by atoms with Gasteiger partial charge in [-0.25, -0.2) is 0 Å². The zero-order valence-electron chi connectivity index (χ0n) is 13.3. The smallest absolute Gasteiger partial charge is 0.247 e. The standard InChI is InChI=1S/C19H18ClNO2S/c1-23-16-9-6-15(7-10-16)19-21(12-13-24-19)18(22)11-8-14-4-2-3-5-17(14)20/h2-11,19H,12-13H2,1H3/b11-8+/t19-/m1/s1. The van der Waals surface area contributed by atoms with Crippen LogP contribution in [0, 0.1) is 0 Å². The molecule has 5 heteroatoms. The van der Waals surface area contributed by atoms with E-state index in [1.807, 2.05) is 53.4 Å².